The second-order valence-corrected chi connectivity index (χ2v) is 7.43. The number of aromatic amines is 2. The molecule has 0 radical (unpaired) electrons. The molecule has 0 amide bonds. The summed E-state index contributed by atoms with van der Waals surface area (Å²) in [4.78, 5) is 16.4. The van der Waals surface area contributed by atoms with Crippen LogP contribution in [0.1, 0.15) is 34.3 Å². The number of nitrogens with one attached hydrogen (secondary N) is 2. The van der Waals surface area contributed by atoms with Gasteiger partial charge in [0.15, 0.2) is 0 Å². The van der Waals surface area contributed by atoms with E-state index >= 15 is 0 Å². The fourth-order valence-electron chi connectivity index (χ4n) is 3.96. The summed E-state index contributed by atoms with van der Waals surface area (Å²) in [5, 5.41) is 0. The SMILES string of the molecule is C1=CC(c2cc3cc4ccc(cc5nc(cc6nc(cc2[nH]3)C=C6)C=C5)[nH]4)C=C1. The minimum Gasteiger partial charge on any atom is -0.355 e. The molecule has 4 heteroatoms. The van der Waals surface area contributed by atoms with Crippen molar-refractivity contribution in [1.82, 2.24) is 19.9 Å². The second-order valence-electron chi connectivity index (χ2n) is 7.43. The van der Waals surface area contributed by atoms with Gasteiger partial charge in [0.1, 0.15) is 0 Å². The van der Waals surface area contributed by atoms with Gasteiger partial charge in [0, 0.05) is 28.0 Å². The lowest BCUT2D eigenvalue weighted by atomic mass is 10.0. The summed E-state index contributed by atoms with van der Waals surface area (Å²) in [6.07, 6.45) is 16.7. The molecule has 138 valence electrons. The van der Waals surface area contributed by atoms with Crippen LogP contribution in [0, 0.1) is 0 Å². The molecule has 6 rings (SSSR count). The largest absolute Gasteiger partial charge is 0.355 e. The lowest BCUT2D eigenvalue weighted by Gasteiger charge is -2.01. The maximum Gasteiger partial charge on any atom is 0.0659 e. The van der Waals surface area contributed by atoms with E-state index in [1.165, 1.54) is 5.56 Å². The molecule has 0 aromatic carbocycles. The zero-order valence-corrected chi connectivity index (χ0v) is 15.6. The van der Waals surface area contributed by atoms with E-state index in [9.17, 15) is 0 Å². The van der Waals surface area contributed by atoms with Crippen LogP contribution in [-0.2, 0) is 0 Å². The summed E-state index contributed by atoms with van der Waals surface area (Å²) in [6.45, 7) is 0. The Kier molecular flexibility index (Phi) is 3.50. The summed E-state index contributed by atoms with van der Waals surface area (Å²) >= 11 is 0. The van der Waals surface area contributed by atoms with E-state index in [0.717, 1.165) is 44.8 Å². The highest BCUT2D eigenvalue weighted by atomic mass is 14.8. The lowest BCUT2D eigenvalue weighted by molar-refractivity contribution is 1.13. The average Bonchev–Trinajstić information content (AvgIpc) is 3.50. The summed E-state index contributed by atoms with van der Waals surface area (Å²) in [5.41, 5.74) is 9.16. The zero-order chi connectivity index (χ0) is 19.2. The number of hydrogen-bond acceptors (Lipinski definition) is 2. The number of aromatic nitrogens is 4. The lowest BCUT2D eigenvalue weighted by Crippen LogP contribution is -1.86. The van der Waals surface area contributed by atoms with Crippen molar-refractivity contribution < 1.29 is 0 Å². The number of H-pyrrole nitrogens is 2. The van der Waals surface area contributed by atoms with Gasteiger partial charge in [-0.3, -0.25) is 0 Å². The van der Waals surface area contributed by atoms with Crippen molar-refractivity contribution in [2.24, 2.45) is 0 Å². The van der Waals surface area contributed by atoms with Gasteiger partial charge in [0.05, 0.1) is 22.8 Å². The van der Waals surface area contributed by atoms with E-state index in [-0.39, 0.29) is 5.92 Å². The first-order chi connectivity index (χ1) is 14.3. The van der Waals surface area contributed by atoms with Crippen molar-refractivity contribution in [3.8, 4) is 0 Å². The topological polar surface area (TPSA) is 57.4 Å². The van der Waals surface area contributed by atoms with Crippen LogP contribution in [-0.4, -0.2) is 19.9 Å². The fraction of sp³-hybridized carbons (Fsp3) is 0.0400. The third kappa shape index (κ3) is 3.05. The molecule has 1 aliphatic carbocycles. The van der Waals surface area contributed by atoms with Gasteiger partial charge in [0.2, 0.25) is 0 Å². The molecule has 5 heterocycles. The molecule has 0 saturated carbocycles. The first kappa shape index (κ1) is 16.1. The molecule has 3 aliphatic rings. The van der Waals surface area contributed by atoms with Gasteiger partial charge in [-0.2, -0.15) is 0 Å². The Morgan fingerprint density at radius 1 is 0.586 bits per heavy atom. The van der Waals surface area contributed by atoms with Gasteiger partial charge in [0.25, 0.3) is 0 Å². The standard InChI is InChI=1S/C25H18N4/c1-2-4-16(3-1)24-14-23-13-21-8-7-19(27-21)11-17-5-6-18(26-17)12-20-9-10-22(28-20)15-25(24)29-23/h1-16,27,29H. The molecule has 0 unspecified atom stereocenters. The van der Waals surface area contributed by atoms with Crippen LogP contribution in [0.4, 0.5) is 0 Å². The van der Waals surface area contributed by atoms with Crippen LogP contribution >= 0.6 is 0 Å². The Balaban J connectivity index is 1.67. The summed E-state index contributed by atoms with van der Waals surface area (Å²) in [7, 11) is 0. The van der Waals surface area contributed by atoms with Crippen molar-refractivity contribution in [3.63, 3.8) is 0 Å². The molecular weight excluding hydrogens is 356 g/mol. The van der Waals surface area contributed by atoms with Crippen LogP contribution in [0.5, 0.6) is 0 Å². The van der Waals surface area contributed by atoms with Crippen molar-refractivity contribution in [2.45, 2.75) is 5.92 Å². The Hall–Kier alpha value is -3.92. The van der Waals surface area contributed by atoms with Gasteiger partial charge >= 0.3 is 0 Å². The minimum atomic E-state index is 0.280. The number of fused-ring (bicyclic) bond motifs is 8. The van der Waals surface area contributed by atoms with E-state index in [1.54, 1.807) is 0 Å². The Labute approximate surface area is 167 Å². The molecule has 0 fully saturated rings. The Morgan fingerprint density at radius 2 is 1.21 bits per heavy atom. The monoisotopic (exact) mass is 374 g/mol. The van der Waals surface area contributed by atoms with Crippen LogP contribution in [0.15, 0.2) is 66.8 Å². The van der Waals surface area contributed by atoms with Gasteiger partial charge in [-0.15, -0.1) is 0 Å². The van der Waals surface area contributed by atoms with Gasteiger partial charge in [-0.25, -0.2) is 9.97 Å². The molecule has 29 heavy (non-hydrogen) atoms. The molecule has 8 bridgehead atoms. The molecule has 0 spiro atoms. The van der Waals surface area contributed by atoms with Crippen molar-refractivity contribution in [2.75, 3.05) is 0 Å². The zero-order valence-electron chi connectivity index (χ0n) is 15.6. The maximum absolute atomic E-state index is 4.75. The van der Waals surface area contributed by atoms with Crippen molar-refractivity contribution in [3.05, 3.63) is 95.1 Å². The third-order valence-electron chi connectivity index (χ3n) is 5.31. The summed E-state index contributed by atoms with van der Waals surface area (Å²) in [5.74, 6) is 0.280. The van der Waals surface area contributed by atoms with Gasteiger partial charge < -0.3 is 9.97 Å². The number of allylic oxidation sites excluding steroid dienone is 4. The van der Waals surface area contributed by atoms with E-state index in [0.29, 0.717) is 0 Å². The molecule has 2 aliphatic heterocycles. The number of rotatable bonds is 1. The summed E-state index contributed by atoms with van der Waals surface area (Å²) in [6, 6.07) is 14.7. The first-order valence-electron chi connectivity index (χ1n) is 9.72. The fourth-order valence-corrected chi connectivity index (χ4v) is 3.96. The smallest absolute Gasteiger partial charge is 0.0659 e. The van der Waals surface area contributed by atoms with Crippen LogP contribution in [0.2, 0.25) is 0 Å². The van der Waals surface area contributed by atoms with E-state index in [2.05, 4.69) is 75.7 Å². The van der Waals surface area contributed by atoms with Gasteiger partial charge in [-0.05, 0) is 72.3 Å². The van der Waals surface area contributed by atoms with Crippen molar-refractivity contribution in [1.29, 1.82) is 0 Å². The summed E-state index contributed by atoms with van der Waals surface area (Å²) < 4.78 is 0. The molecule has 2 N–H and O–H groups in total. The predicted octanol–water partition coefficient (Wildman–Crippen LogP) is 5.87. The molecule has 0 atom stereocenters. The molecular formula is C25H18N4. The third-order valence-corrected chi connectivity index (χ3v) is 5.31. The number of hydrogen-bond donors (Lipinski definition) is 2. The minimum absolute atomic E-state index is 0.280. The molecule has 0 saturated heterocycles. The highest BCUT2D eigenvalue weighted by Crippen LogP contribution is 2.29. The second kappa shape index (κ2) is 6.31. The van der Waals surface area contributed by atoms with Crippen LogP contribution in [0.3, 0.4) is 0 Å². The maximum atomic E-state index is 4.75. The van der Waals surface area contributed by atoms with E-state index in [4.69, 9.17) is 4.98 Å². The predicted molar refractivity (Wildman–Crippen MR) is 120 cm³/mol. The normalized spacial score (nSPS) is 14.9. The van der Waals surface area contributed by atoms with Crippen molar-refractivity contribution >= 4 is 46.4 Å². The Bertz CT molecular complexity index is 1400. The first-order valence-corrected chi connectivity index (χ1v) is 9.72. The average molecular weight is 374 g/mol. The molecule has 3 aromatic rings. The quantitative estimate of drug-likeness (QED) is 0.386. The molecule has 4 nitrogen and oxygen atoms in total. The molecule has 3 aromatic heterocycles. The highest BCUT2D eigenvalue weighted by Gasteiger charge is 2.12. The van der Waals surface area contributed by atoms with E-state index in [1.807, 2.05) is 30.4 Å². The highest BCUT2D eigenvalue weighted by molar-refractivity contribution is 5.78. The number of nitrogens with zero attached hydrogens (tertiary/aromatic N) is 2. The van der Waals surface area contributed by atoms with Crippen LogP contribution in [0.25, 0.3) is 46.4 Å². The van der Waals surface area contributed by atoms with Crippen LogP contribution < -0.4 is 0 Å². The van der Waals surface area contributed by atoms with E-state index < -0.39 is 0 Å². The Morgan fingerprint density at radius 3 is 1.93 bits per heavy atom. The van der Waals surface area contributed by atoms with Gasteiger partial charge in [-0.1, -0.05) is 24.3 Å².